The molecule has 1 aromatic carbocycles. The molecule has 14 heavy (non-hydrogen) atoms. The molecule has 3 heteroatoms. The van der Waals surface area contributed by atoms with Gasteiger partial charge in [-0.3, -0.25) is 0 Å². The third-order valence-corrected chi connectivity index (χ3v) is 3.78. The quantitative estimate of drug-likeness (QED) is 0.825. The summed E-state index contributed by atoms with van der Waals surface area (Å²) in [5.41, 5.74) is 6.91. The summed E-state index contributed by atoms with van der Waals surface area (Å²) in [4.78, 5) is 0. The molecule has 0 aliphatic heterocycles. The fourth-order valence-electron chi connectivity index (χ4n) is 1.82. The number of halogens is 2. The van der Waals surface area contributed by atoms with E-state index < -0.39 is 0 Å². The van der Waals surface area contributed by atoms with Crippen LogP contribution in [0, 0.1) is 5.92 Å². The normalized spacial score (nSPS) is 20.6. The Bertz CT molecular complexity index is 356. The second-order valence-corrected chi connectivity index (χ2v) is 4.94. The van der Waals surface area contributed by atoms with Gasteiger partial charge in [-0.05, 0) is 37.3 Å². The molecule has 1 aromatic rings. The predicted molar refractivity (Wildman–Crippen MR) is 60.7 cm³/mol. The first kappa shape index (κ1) is 10.3. The summed E-state index contributed by atoms with van der Waals surface area (Å²) in [6, 6.07) is 5.65. The van der Waals surface area contributed by atoms with Gasteiger partial charge in [-0.15, -0.1) is 0 Å². The van der Waals surface area contributed by atoms with Gasteiger partial charge >= 0.3 is 0 Å². The largest absolute Gasteiger partial charge is 0.321 e. The number of hydrogen-bond donors (Lipinski definition) is 1. The smallest absolute Gasteiger partial charge is 0.0642 e. The van der Waals surface area contributed by atoms with Crippen LogP contribution in [0.25, 0.3) is 0 Å². The predicted octanol–water partition coefficient (Wildman–Crippen LogP) is 3.58. The summed E-state index contributed by atoms with van der Waals surface area (Å²) in [6.45, 7) is 2.03. The van der Waals surface area contributed by atoms with Crippen molar-refractivity contribution in [1.29, 1.82) is 0 Å². The fraction of sp³-hybridized carbons (Fsp3) is 0.455. The average molecular weight is 230 g/mol. The molecule has 76 valence electrons. The molecule has 0 heterocycles. The Balaban J connectivity index is 2.44. The second kappa shape index (κ2) is 3.41. The molecule has 0 amide bonds. The van der Waals surface area contributed by atoms with Crippen molar-refractivity contribution in [2.75, 3.05) is 0 Å². The van der Waals surface area contributed by atoms with Gasteiger partial charge in [0.05, 0.1) is 10.0 Å². The topological polar surface area (TPSA) is 26.0 Å². The molecule has 0 bridgehead atoms. The van der Waals surface area contributed by atoms with Crippen molar-refractivity contribution < 1.29 is 0 Å². The van der Waals surface area contributed by atoms with E-state index in [-0.39, 0.29) is 5.54 Å². The molecule has 1 aliphatic rings. The first-order valence-corrected chi connectivity index (χ1v) is 5.52. The molecular weight excluding hydrogens is 217 g/mol. The molecule has 0 spiro atoms. The summed E-state index contributed by atoms with van der Waals surface area (Å²) in [7, 11) is 0. The molecule has 1 fully saturated rings. The van der Waals surface area contributed by atoms with Gasteiger partial charge in [0.25, 0.3) is 0 Å². The maximum atomic E-state index is 6.27. The molecule has 1 saturated carbocycles. The summed E-state index contributed by atoms with van der Waals surface area (Å²) in [5, 5.41) is 1.19. The third-order valence-electron chi connectivity index (χ3n) is 2.96. The third kappa shape index (κ3) is 1.65. The highest BCUT2D eigenvalue weighted by molar-refractivity contribution is 6.42. The van der Waals surface area contributed by atoms with Crippen LogP contribution in [0.2, 0.25) is 10.0 Å². The Morgan fingerprint density at radius 1 is 1.36 bits per heavy atom. The van der Waals surface area contributed by atoms with E-state index in [9.17, 15) is 0 Å². The summed E-state index contributed by atoms with van der Waals surface area (Å²) >= 11 is 12.1. The van der Waals surface area contributed by atoms with Crippen LogP contribution >= 0.6 is 23.2 Å². The van der Waals surface area contributed by atoms with Crippen molar-refractivity contribution in [2.24, 2.45) is 11.7 Å². The number of nitrogens with two attached hydrogens (primary N) is 1. The van der Waals surface area contributed by atoms with Crippen LogP contribution in [-0.4, -0.2) is 0 Å². The SMILES string of the molecule is CC(N)(c1cccc(Cl)c1Cl)C1CC1. The number of hydrogen-bond acceptors (Lipinski definition) is 1. The Morgan fingerprint density at radius 3 is 2.57 bits per heavy atom. The van der Waals surface area contributed by atoms with E-state index >= 15 is 0 Å². The highest BCUT2D eigenvalue weighted by atomic mass is 35.5. The maximum absolute atomic E-state index is 6.27. The van der Waals surface area contributed by atoms with Gasteiger partial charge in [-0.2, -0.15) is 0 Å². The Labute approximate surface area is 94.2 Å². The lowest BCUT2D eigenvalue weighted by Crippen LogP contribution is -2.35. The second-order valence-electron chi connectivity index (χ2n) is 4.16. The summed E-state index contributed by atoms with van der Waals surface area (Å²) in [6.07, 6.45) is 2.38. The Hall–Kier alpha value is -0.240. The van der Waals surface area contributed by atoms with E-state index in [2.05, 4.69) is 0 Å². The van der Waals surface area contributed by atoms with Crippen LogP contribution in [0.3, 0.4) is 0 Å². The van der Waals surface area contributed by atoms with Crippen LogP contribution in [0.4, 0.5) is 0 Å². The van der Waals surface area contributed by atoms with Crippen molar-refractivity contribution in [3.8, 4) is 0 Å². The van der Waals surface area contributed by atoms with Crippen molar-refractivity contribution in [3.63, 3.8) is 0 Å². The maximum Gasteiger partial charge on any atom is 0.0642 e. The van der Waals surface area contributed by atoms with Gasteiger partial charge in [0, 0.05) is 5.54 Å². The lowest BCUT2D eigenvalue weighted by atomic mass is 9.88. The zero-order valence-corrected chi connectivity index (χ0v) is 9.57. The fourth-order valence-corrected chi connectivity index (χ4v) is 2.33. The molecule has 0 radical (unpaired) electrons. The zero-order valence-electron chi connectivity index (χ0n) is 8.06. The van der Waals surface area contributed by atoms with Crippen molar-refractivity contribution in [2.45, 2.75) is 25.3 Å². The molecule has 0 saturated heterocycles. The van der Waals surface area contributed by atoms with Crippen LogP contribution in [-0.2, 0) is 5.54 Å². The van der Waals surface area contributed by atoms with Crippen LogP contribution < -0.4 is 5.73 Å². The van der Waals surface area contributed by atoms with Crippen molar-refractivity contribution >= 4 is 23.2 Å². The minimum atomic E-state index is -0.331. The van der Waals surface area contributed by atoms with E-state index in [0.29, 0.717) is 16.0 Å². The van der Waals surface area contributed by atoms with Crippen LogP contribution in [0.15, 0.2) is 18.2 Å². The Kier molecular flexibility index (Phi) is 2.50. The van der Waals surface area contributed by atoms with Gasteiger partial charge in [-0.1, -0.05) is 35.3 Å². The zero-order chi connectivity index (χ0) is 10.3. The molecule has 2 rings (SSSR count). The van der Waals surface area contributed by atoms with Gasteiger partial charge in [0.15, 0.2) is 0 Å². The minimum Gasteiger partial charge on any atom is -0.321 e. The van der Waals surface area contributed by atoms with Crippen LogP contribution in [0.1, 0.15) is 25.3 Å². The highest BCUT2D eigenvalue weighted by Gasteiger charge is 2.40. The van der Waals surface area contributed by atoms with Gasteiger partial charge in [-0.25, -0.2) is 0 Å². The molecule has 1 atom stereocenters. The lowest BCUT2D eigenvalue weighted by Gasteiger charge is -2.26. The highest BCUT2D eigenvalue weighted by Crippen LogP contribution is 2.46. The van der Waals surface area contributed by atoms with E-state index in [1.54, 1.807) is 6.07 Å². The first-order chi connectivity index (χ1) is 6.53. The average Bonchev–Trinajstić information content (AvgIpc) is 2.92. The summed E-state index contributed by atoms with van der Waals surface area (Å²) < 4.78 is 0. The van der Waals surface area contributed by atoms with E-state index in [1.165, 1.54) is 12.8 Å². The van der Waals surface area contributed by atoms with E-state index in [0.717, 1.165) is 5.56 Å². The molecule has 0 aromatic heterocycles. The lowest BCUT2D eigenvalue weighted by molar-refractivity contribution is 0.427. The minimum absolute atomic E-state index is 0.331. The van der Waals surface area contributed by atoms with E-state index in [4.69, 9.17) is 28.9 Å². The van der Waals surface area contributed by atoms with Crippen molar-refractivity contribution in [3.05, 3.63) is 33.8 Å². The first-order valence-electron chi connectivity index (χ1n) is 4.77. The van der Waals surface area contributed by atoms with Gasteiger partial charge in [0.2, 0.25) is 0 Å². The molecule has 2 N–H and O–H groups in total. The standard InChI is InChI=1S/C11H13Cl2N/c1-11(14,7-5-6-7)8-3-2-4-9(12)10(8)13/h2-4,7H,5-6,14H2,1H3. The van der Waals surface area contributed by atoms with Crippen molar-refractivity contribution in [1.82, 2.24) is 0 Å². The monoisotopic (exact) mass is 229 g/mol. The van der Waals surface area contributed by atoms with Gasteiger partial charge < -0.3 is 5.73 Å². The molecule has 1 aliphatic carbocycles. The molecule has 1 unspecified atom stereocenters. The van der Waals surface area contributed by atoms with Crippen LogP contribution in [0.5, 0.6) is 0 Å². The molecule has 1 nitrogen and oxygen atoms in total. The Morgan fingerprint density at radius 2 is 2.00 bits per heavy atom. The molecular formula is C11H13Cl2N. The van der Waals surface area contributed by atoms with Gasteiger partial charge in [0.1, 0.15) is 0 Å². The number of rotatable bonds is 2. The number of benzene rings is 1. The summed E-state index contributed by atoms with van der Waals surface area (Å²) in [5.74, 6) is 0.554. The van der Waals surface area contributed by atoms with E-state index in [1.807, 2.05) is 19.1 Å².